The Morgan fingerprint density at radius 3 is 2.88 bits per heavy atom. The van der Waals surface area contributed by atoms with Crippen molar-refractivity contribution >= 4 is 5.95 Å². The van der Waals surface area contributed by atoms with Crippen LogP contribution in [0, 0.1) is 5.92 Å². The molecule has 0 amide bonds. The van der Waals surface area contributed by atoms with Crippen molar-refractivity contribution in [2.45, 2.75) is 45.7 Å². The van der Waals surface area contributed by atoms with Crippen LogP contribution in [0.15, 0.2) is 22.9 Å². The number of anilines is 1. The van der Waals surface area contributed by atoms with Crippen LogP contribution in [0.3, 0.4) is 0 Å². The molecular formula is C18H27N5O. The van der Waals surface area contributed by atoms with Crippen molar-refractivity contribution in [3.05, 3.63) is 35.5 Å². The first kappa shape index (κ1) is 16.9. The maximum Gasteiger partial charge on any atom is 0.265 e. The van der Waals surface area contributed by atoms with E-state index in [-0.39, 0.29) is 0 Å². The van der Waals surface area contributed by atoms with Crippen LogP contribution in [-0.4, -0.2) is 40.7 Å². The van der Waals surface area contributed by atoms with Crippen molar-refractivity contribution in [3.63, 3.8) is 0 Å². The summed E-state index contributed by atoms with van der Waals surface area (Å²) in [5.41, 5.74) is 2.60. The first-order valence-corrected chi connectivity index (χ1v) is 8.72. The predicted molar refractivity (Wildman–Crippen MR) is 93.8 cm³/mol. The Labute approximate surface area is 143 Å². The number of aryl methyl sites for hydroxylation is 1. The van der Waals surface area contributed by atoms with Gasteiger partial charge in [0, 0.05) is 26.8 Å². The van der Waals surface area contributed by atoms with Gasteiger partial charge in [0.05, 0.1) is 18.3 Å². The second kappa shape index (κ2) is 7.30. The lowest BCUT2D eigenvalue weighted by molar-refractivity contribution is 0.130. The van der Waals surface area contributed by atoms with Gasteiger partial charge in [-0.05, 0) is 42.0 Å². The van der Waals surface area contributed by atoms with Gasteiger partial charge in [-0.2, -0.15) is 4.98 Å². The SMILES string of the molecule is CC(C)CN(Cc1nc(N(C)C)no1)[C@H]1CCCc2cccnc21. The van der Waals surface area contributed by atoms with E-state index in [1.165, 1.54) is 17.7 Å². The van der Waals surface area contributed by atoms with Crippen LogP contribution in [0.1, 0.15) is 49.9 Å². The smallest absolute Gasteiger partial charge is 0.265 e. The molecule has 0 bridgehead atoms. The molecular weight excluding hydrogens is 302 g/mol. The Balaban J connectivity index is 1.84. The second-order valence-electron chi connectivity index (χ2n) is 7.16. The molecule has 0 radical (unpaired) electrons. The number of fused-ring (bicyclic) bond motifs is 1. The van der Waals surface area contributed by atoms with Crippen molar-refractivity contribution in [1.29, 1.82) is 0 Å². The molecule has 0 saturated carbocycles. The van der Waals surface area contributed by atoms with Crippen LogP contribution in [0.5, 0.6) is 0 Å². The summed E-state index contributed by atoms with van der Waals surface area (Å²) in [5, 5.41) is 4.03. The van der Waals surface area contributed by atoms with Gasteiger partial charge in [0.15, 0.2) is 0 Å². The predicted octanol–water partition coefficient (Wildman–Crippen LogP) is 3.07. The highest BCUT2D eigenvalue weighted by molar-refractivity contribution is 5.26. The van der Waals surface area contributed by atoms with Crippen LogP contribution < -0.4 is 4.90 Å². The van der Waals surface area contributed by atoms with Gasteiger partial charge in [0.25, 0.3) is 5.95 Å². The van der Waals surface area contributed by atoms with E-state index >= 15 is 0 Å². The van der Waals surface area contributed by atoms with Gasteiger partial charge >= 0.3 is 0 Å². The Bertz CT molecular complexity index is 667. The number of rotatable bonds is 6. The second-order valence-corrected chi connectivity index (χ2v) is 7.16. The lowest BCUT2D eigenvalue weighted by Crippen LogP contribution is -2.34. The van der Waals surface area contributed by atoms with E-state index in [0.29, 0.717) is 30.3 Å². The first-order chi connectivity index (χ1) is 11.5. The molecule has 2 aromatic rings. The van der Waals surface area contributed by atoms with Crippen LogP contribution in [0.2, 0.25) is 0 Å². The molecule has 0 fully saturated rings. The monoisotopic (exact) mass is 329 g/mol. The van der Waals surface area contributed by atoms with Crippen LogP contribution in [0.4, 0.5) is 5.95 Å². The van der Waals surface area contributed by atoms with Crippen molar-refractivity contribution in [3.8, 4) is 0 Å². The van der Waals surface area contributed by atoms with Crippen molar-refractivity contribution in [1.82, 2.24) is 20.0 Å². The van der Waals surface area contributed by atoms with Gasteiger partial charge < -0.3 is 9.42 Å². The molecule has 0 aliphatic heterocycles. The van der Waals surface area contributed by atoms with Gasteiger partial charge in [-0.25, -0.2) is 0 Å². The number of aromatic nitrogens is 3. The Kier molecular flexibility index (Phi) is 5.14. The van der Waals surface area contributed by atoms with Gasteiger partial charge in [0.1, 0.15) is 0 Å². The molecule has 24 heavy (non-hydrogen) atoms. The average molecular weight is 329 g/mol. The minimum Gasteiger partial charge on any atom is -0.344 e. The first-order valence-electron chi connectivity index (χ1n) is 8.72. The van der Waals surface area contributed by atoms with Crippen LogP contribution in [-0.2, 0) is 13.0 Å². The number of pyridine rings is 1. The van der Waals surface area contributed by atoms with Crippen molar-refractivity contribution in [2.75, 3.05) is 25.5 Å². The maximum absolute atomic E-state index is 5.45. The summed E-state index contributed by atoms with van der Waals surface area (Å²) in [5.74, 6) is 1.86. The fraction of sp³-hybridized carbons (Fsp3) is 0.611. The summed E-state index contributed by atoms with van der Waals surface area (Å²) in [4.78, 5) is 13.5. The zero-order valence-corrected chi connectivity index (χ0v) is 15.1. The number of hydrogen-bond donors (Lipinski definition) is 0. The van der Waals surface area contributed by atoms with Crippen molar-refractivity contribution < 1.29 is 4.52 Å². The quantitative estimate of drug-likeness (QED) is 0.812. The average Bonchev–Trinajstić information content (AvgIpc) is 3.02. The molecule has 1 atom stereocenters. The fourth-order valence-corrected chi connectivity index (χ4v) is 3.38. The van der Waals surface area contributed by atoms with E-state index in [2.05, 4.69) is 39.9 Å². The van der Waals surface area contributed by atoms with Crippen molar-refractivity contribution in [2.24, 2.45) is 5.92 Å². The number of nitrogens with zero attached hydrogens (tertiary/aromatic N) is 5. The summed E-state index contributed by atoms with van der Waals surface area (Å²) < 4.78 is 5.45. The molecule has 2 heterocycles. The molecule has 0 saturated heterocycles. The highest BCUT2D eigenvalue weighted by Crippen LogP contribution is 2.34. The molecule has 0 N–H and O–H groups in total. The molecule has 0 unspecified atom stereocenters. The molecule has 1 aliphatic carbocycles. The van der Waals surface area contributed by atoms with E-state index in [9.17, 15) is 0 Å². The van der Waals surface area contributed by atoms with Crippen LogP contribution in [0.25, 0.3) is 0 Å². The summed E-state index contributed by atoms with van der Waals surface area (Å²) in [7, 11) is 3.84. The molecule has 130 valence electrons. The van der Waals surface area contributed by atoms with E-state index in [4.69, 9.17) is 4.52 Å². The van der Waals surface area contributed by atoms with E-state index in [0.717, 1.165) is 19.4 Å². The molecule has 1 aliphatic rings. The molecule has 3 rings (SSSR count). The molecule has 0 aromatic carbocycles. The third kappa shape index (κ3) is 3.75. The van der Waals surface area contributed by atoms with E-state index < -0.39 is 0 Å². The van der Waals surface area contributed by atoms with Gasteiger partial charge in [0.2, 0.25) is 5.89 Å². The Morgan fingerprint density at radius 1 is 1.33 bits per heavy atom. The highest BCUT2D eigenvalue weighted by atomic mass is 16.5. The maximum atomic E-state index is 5.45. The number of hydrogen-bond acceptors (Lipinski definition) is 6. The third-order valence-corrected chi connectivity index (χ3v) is 4.40. The molecule has 6 nitrogen and oxygen atoms in total. The third-order valence-electron chi connectivity index (χ3n) is 4.40. The Hall–Kier alpha value is -1.95. The van der Waals surface area contributed by atoms with Crippen LogP contribution >= 0.6 is 0 Å². The van der Waals surface area contributed by atoms with E-state index in [1.807, 2.05) is 31.3 Å². The van der Waals surface area contributed by atoms with Gasteiger partial charge in [-0.3, -0.25) is 9.88 Å². The van der Waals surface area contributed by atoms with Gasteiger partial charge in [-0.15, -0.1) is 0 Å². The standard InChI is InChI=1S/C18H27N5O/c1-13(2)11-23(12-16-20-18(21-24-16)22(3)4)15-9-5-7-14-8-6-10-19-17(14)15/h6,8,10,13,15H,5,7,9,11-12H2,1-4H3/t15-/m0/s1. The topological polar surface area (TPSA) is 58.3 Å². The Morgan fingerprint density at radius 2 is 2.17 bits per heavy atom. The van der Waals surface area contributed by atoms with Gasteiger partial charge in [-0.1, -0.05) is 19.9 Å². The molecule has 2 aromatic heterocycles. The molecule has 0 spiro atoms. The summed E-state index contributed by atoms with van der Waals surface area (Å²) in [6.07, 6.45) is 5.36. The lowest BCUT2D eigenvalue weighted by atomic mass is 9.90. The summed E-state index contributed by atoms with van der Waals surface area (Å²) >= 11 is 0. The minimum atomic E-state index is 0.326. The summed E-state index contributed by atoms with van der Waals surface area (Å²) in [6.45, 7) is 6.14. The van der Waals surface area contributed by atoms with E-state index in [1.54, 1.807) is 0 Å². The normalized spacial score (nSPS) is 17.3. The zero-order chi connectivity index (χ0) is 17.1. The lowest BCUT2D eigenvalue weighted by Gasteiger charge is -2.35. The zero-order valence-electron chi connectivity index (χ0n) is 15.1. The highest BCUT2D eigenvalue weighted by Gasteiger charge is 2.28. The minimum absolute atomic E-state index is 0.326. The molecule has 6 heteroatoms. The fourth-order valence-electron chi connectivity index (χ4n) is 3.38. The summed E-state index contributed by atoms with van der Waals surface area (Å²) in [6, 6.07) is 4.57. The largest absolute Gasteiger partial charge is 0.344 e.